The monoisotopic (exact) mass is 429 g/mol. The van der Waals surface area contributed by atoms with Gasteiger partial charge in [0.25, 0.3) is 5.69 Å². The second-order valence-electron chi connectivity index (χ2n) is 7.39. The van der Waals surface area contributed by atoms with Crippen molar-refractivity contribution < 1.29 is 27.6 Å². The Morgan fingerprint density at radius 2 is 1.76 bits per heavy atom. The first-order valence-electron chi connectivity index (χ1n) is 9.69. The summed E-state index contributed by atoms with van der Waals surface area (Å²) in [6.07, 6.45) is 0.610. The van der Waals surface area contributed by atoms with Crippen LogP contribution < -0.4 is 14.2 Å². The molecule has 10 nitrogen and oxygen atoms in total. The SMILES string of the molecule is CC(C)C(CNS(=O)(=O)c1cc2c(cc1[N+](=O)[O-])OCCCO2)N1CCOCC1. The van der Waals surface area contributed by atoms with Gasteiger partial charge in [0.15, 0.2) is 16.4 Å². The fourth-order valence-corrected chi connectivity index (χ4v) is 4.72. The number of hydrogen-bond donors (Lipinski definition) is 1. The molecule has 0 spiro atoms. The molecular weight excluding hydrogens is 402 g/mol. The summed E-state index contributed by atoms with van der Waals surface area (Å²) in [5, 5.41) is 11.5. The van der Waals surface area contributed by atoms with Crippen LogP contribution >= 0.6 is 0 Å². The van der Waals surface area contributed by atoms with Gasteiger partial charge in [0.2, 0.25) is 10.0 Å². The van der Waals surface area contributed by atoms with Gasteiger partial charge in [0.05, 0.1) is 37.4 Å². The number of ether oxygens (including phenoxy) is 3. The molecule has 162 valence electrons. The van der Waals surface area contributed by atoms with Gasteiger partial charge < -0.3 is 14.2 Å². The van der Waals surface area contributed by atoms with Crippen LogP contribution in [0, 0.1) is 16.0 Å². The molecule has 1 fully saturated rings. The van der Waals surface area contributed by atoms with E-state index in [0.29, 0.717) is 32.8 Å². The zero-order valence-corrected chi connectivity index (χ0v) is 17.4. The maximum atomic E-state index is 13.0. The molecule has 1 aromatic rings. The van der Waals surface area contributed by atoms with Crippen molar-refractivity contribution >= 4 is 15.7 Å². The molecule has 0 amide bonds. The number of sulfonamides is 1. The van der Waals surface area contributed by atoms with Gasteiger partial charge in [0.1, 0.15) is 0 Å². The highest BCUT2D eigenvalue weighted by molar-refractivity contribution is 7.89. The summed E-state index contributed by atoms with van der Waals surface area (Å²) in [5.41, 5.74) is -0.533. The summed E-state index contributed by atoms with van der Waals surface area (Å²) in [5.74, 6) is 0.568. The molecule has 0 saturated carbocycles. The number of rotatable bonds is 7. The number of nitrogens with one attached hydrogen (secondary N) is 1. The standard InChI is InChI=1S/C18H27N3O7S/c1-13(2)15(20-4-8-26-9-5-20)12-19-29(24,25)18-11-17-16(10-14(18)21(22)23)27-6-3-7-28-17/h10-11,13,15,19H,3-9,12H2,1-2H3. The van der Waals surface area contributed by atoms with Crippen molar-refractivity contribution in [3.05, 3.63) is 22.2 Å². The molecule has 0 bridgehead atoms. The molecule has 3 rings (SSSR count). The minimum atomic E-state index is -4.13. The lowest BCUT2D eigenvalue weighted by molar-refractivity contribution is -0.387. The molecule has 0 aromatic heterocycles. The van der Waals surface area contributed by atoms with Crippen LogP contribution in [0.3, 0.4) is 0 Å². The third kappa shape index (κ3) is 5.16. The van der Waals surface area contributed by atoms with Crippen molar-refractivity contribution in [3.8, 4) is 11.5 Å². The molecule has 1 saturated heterocycles. The van der Waals surface area contributed by atoms with Crippen molar-refractivity contribution in [1.29, 1.82) is 0 Å². The first-order valence-corrected chi connectivity index (χ1v) is 11.2. The minimum absolute atomic E-state index is 0.0480. The highest BCUT2D eigenvalue weighted by atomic mass is 32.2. The van der Waals surface area contributed by atoms with E-state index in [0.717, 1.165) is 19.2 Å². The van der Waals surface area contributed by atoms with E-state index in [1.165, 1.54) is 6.07 Å². The van der Waals surface area contributed by atoms with Gasteiger partial charge in [-0.1, -0.05) is 13.8 Å². The van der Waals surface area contributed by atoms with Crippen LogP contribution in [0.2, 0.25) is 0 Å². The smallest absolute Gasteiger partial charge is 0.293 e. The van der Waals surface area contributed by atoms with Crippen LogP contribution in [0.5, 0.6) is 11.5 Å². The predicted molar refractivity (Wildman–Crippen MR) is 105 cm³/mol. The van der Waals surface area contributed by atoms with E-state index in [4.69, 9.17) is 14.2 Å². The fourth-order valence-electron chi connectivity index (χ4n) is 3.51. The average Bonchev–Trinajstić information content (AvgIpc) is 2.92. The number of nitro groups is 1. The molecule has 1 unspecified atom stereocenters. The lowest BCUT2D eigenvalue weighted by Crippen LogP contribution is -2.51. The Morgan fingerprint density at radius 1 is 1.14 bits per heavy atom. The van der Waals surface area contributed by atoms with Gasteiger partial charge in [0, 0.05) is 38.2 Å². The first kappa shape index (κ1) is 21.8. The third-order valence-corrected chi connectivity index (χ3v) is 6.53. The van der Waals surface area contributed by atoms with E-state index in [2.05, 4.69) is 9.62 Å². The van der Waals surface area contributed by atoms with E-state index in [1.807, 2.05) is 13.8 Å². The van der Waals surface area contributed by atoms with Crippen LogP contribution in [-0.4, -0.2) is 70.3 Å². The molecule has 2 heterocycles. The van der Waals surface area contributed by atoms with Crippen LogP contribution in [-0.2, 0) is 14.8 Å². The van der Waals surface area contributed by atoms with Crippen molar-refractivity contribution in [3.63, 3.8) is 0 Å². The summed E-state index contributed by atoms with van der Waals surface area (Å²) < 4.78 is 44.9. The number of hydrogen-bond acceptors (Lipinski definition) is 8. The van der Waals surface area contributed by atoms with Crippen LogP contribution in [0.25, 0.3) is 0 Å². The van der Waals surface area contributed by atoms with E-state index < -0.39 is 25.5 Å². The summed E-state index contributed by atoms with van der Waals surface area (Å²) in [6.45, 7) is 7.52. The van der Waals surface area contributed by atoms with Crippen LogP contribution in [0.4, 0.5) is 5.69 Å². The van der Waals surface area contributed by atoms with Gasteiger partial charge in [-0.15, -0.1) is 0 Å². The van der Waals surface area contributed by atoms with Gasteiger partial charge in [-0.25, -0.2) is 13.1 Å². The Labute approximate surface area is 170 Å². The summed E-state index contributed by atoms with van der Waals surface area (Å²) in [7, 11) is -4.13. The molecular formula is C18H27N3O7S. The number of benzene rings is 1. The van der Waals surface area contributed by atoms with E-state index in [9.17, 15) is 18.5 Å². The molecule has 1 atom stereocenters. The minimum Gasteiger partial charge on any atom is -0.490 e. The van der Waals surface area contributed by atoms with E-state index in [-0.39, 0.29) is 30.0 Å². The highest BCUT2D eigenvalue weighted by Crippen LogP contribution is 2.38. The molecule has 1 aromatic carbocycles. The molecule has 0 aliphatic carbocycles. The normalized spacial score (nSPS) is 19.0. The predicted octanol–water partition coefficient (Wildman–Crippen LogP) is 1.39. The molecule has 11 heteroatoms. The Balaban J connectivity index is 1.85. The second-order valence-corrected chi connectivity index (χ2v) is 9.12. The quantitative estimate of drug-likeness (QED) is 0.510. The topological polar surface area (TPSA) is 120 Å². The first-order chi connectivity index (χ1) is 13.8. The van der Waals surface area contributed by atoms with Gasteiger partial charge >= 0.3 is 0 Å². The maximum Gasteiger partial charge on any atom is 0.293 e. The molecule has 0 radical (unpaired) electrons. The van der Waals surface area contributed by atoms with Crippen molar-refractivity contribution in [2.45, 2.75) is 31.2 Å². The number of nitrogens with zero attached hydrogens (tertiary/aromatic N) is 2. The fraction of sp³-hybridized carbons (Fsp3) is 0.667. The zero-order chi connectivity index (χ0) is 21.0. The number of nitro benzene ring substituents is 1. The average molecular weight is 429 g/mol. The van der Waals surface area contributed by atoms with Crippen molar-refractivity contribution in [2.24, 2.45) is 5.92 Å². The van der Waals surface area contributed by atoms with E-state index in [1.54, 1.807) is 0 Å². The largest absolute Gasteiger partial charge is 0.490 e. The number of fused-ring (bicyclic) bond motifs is 1. The summed E-state index contributed by atoms with van der Waals surface area (Å²) in [4.78, 5) is 12.6. The van der Waals surface area contributed by atoms with Gasteiger partial charge in [-0.05, 0) is 5.92 Å². The summed E-state index contributed by atoms with van der Waals surface area (Å²) in [6, 6.07) is 2.25. The van der Waals surface area contributed by atoms with Gasteiger partial charge in [-0.2, -0.15) is 0 Å². The van der Waals surface area contributed by atoms with Crippen LogP contribution in [0.15, 0.2) is 17.0 Å². The lowest BCUT2D eigenvalue weighted by atomic mass is 10.0. The summed E-state index contributed by atoms with van der Waals surface area (Å²) >= 11 is 0. The second kappa shape index (κ2) is 9.24. The maximum absolute atomic E-state index is 13.0. The zero-order valence-electron chi connectivity index (χ0n) is 16.6. The van der Waals surface area contributed by atoms with Crippen LogP contribution in [0.1, 0.15) is 20.3 Å². The Kier molecular flexibility index (Phi) is 6.93. The lowest BCUT2D eigenvalue weighted by Gasteiger charge is -2.36. The molecule has 1 N–H and O–H groups in total. The van der Waals surface area contributed by atoms with Gasteiger partial charge in [-0.3, -0.25) is 15.0 Å². The Bertz CT molecular complexity index is 838. The Morgan fingerprint density at radius 3 is 2.34 bits per heavy atom. The number of morpholine rings is 1. The highest BCUT2D eigenvalue weighted by Gasteiger charge is 2.32. The molecule has 2 aliphatic rings. The van der Waals surface area contributed by atoms with Crippen molar-refractivity contribution in [1.82, 2.24) is 9.62 Å². The molecule has 29 heavy (non-hydrogen) atoms. The van der Waals surface area contributed by atoms with Crippen molar-refractivity contribution in [2.75, 3.05) is 46.1 Å². The Hall–Kier alpha value is -1.95. The third-order valence-electron chi connectivity index (χ3n) is 5.08. The molecule has 2 aliphatic heterocycles. The van der Waals surface area contributed by atoms with E-state index >= 15 is 0 Å².